The standard InChI is InChI=1S/C13H10FN3/c14-11-4-1-3-10(9-11)12-6-8-16-13(17-12)5-2-7-15/h1,3-4,6,8-9H,2,5H2. The minimum atomic E-state index is -0.292. The third-order valence-corrected chi connectivity index (χ3v) is 2.29. The molecule has 84 valence electrons. The Hall–Kier alpha value is -2.28. The molecule has 0 spiro atoms. The molecule has 0 N–H and O–H groups in total. The van der Waals surface area contributed by atoms with Gasteiger partial charge in [-0.15, -0.1) is 0 Å². The van der Waals surface area contributed by atoms with Crippen LogP contribution in [0.1, 0.15) is 12.2 Å². The van der Waals surface area contributed by atoms with E-state index in [0.29, 0.717) is 29.9 Å². The molecule has 2 aromatic rings. The molecular weight excluding hydrogens is 217 g/mol. The summed E-state index contributed by atoms with van der Waals surface area (Å²) >= 11 is 0. The molecule has 0 unspecified atom stereocenters. The zero-order chi connectivity index (χ0) is 12.1. The Bertz CT molecular complexity index is 561. The lowest BCUT2D eigenvalue weighted by atomic mass is 10.1. The fourth-order valence-electron chi connectivity index (χ4n) is 1.50. The molecule has 4 heteroatoms. The van der Waals surface area contributed by atoms with Gasteiger partial charge in [0.2, 0.25) is 0 Å². The maximum Gasteiger partial charge on any atom is 0.129 e. The molecule has 0 aliphatic heterocycles. The molecular formula is C13H10FN3. The molecule has 1 aromatic carbocycles. The van der Waals surface area contributed by atoms with Crippen LogP contribution in [-0.4, -0.2) is 9.97 Å². The van der Waals surface area contributed by atoms with E-state index in [2.05, 4.69) is 9.97 Å². The molecule has 0 aliphatic carbocycles. The first-order valence-corrected chi connectivity index (χ1v) is 5.24. The van der Waals surface area contributed by atoms with Crippen molar-refractivity contribution in [2.75, 3.05) is 0 Å². The van der Waals surface area contributed by atoms with Crippen molar-refractivity contribution in [3.05, 3.63) is 48.2 Å². The first-order chi connectivity index (χ1) is 8.29. The van der Waals surface area contributed by atoms with Crippen molar-refractivity contribution in [1.29, 1.82) is 5.26 Å². The summed E-state index contributed by atoms with van der Waals surface area (Å²) in [5.41, 5.74) is 1.39. The average Bonchev–Trinajstić information content (AvgIpc) is 2.37. The molecule has 0 atom stereocenters. The number of rotatable bonds is 3. The third-order valence-electron chi connectivity index (χ3n) is 2.29. The number of benzene rings is 1. The van der Waals surface area contributed by atoms with Crippen LogP contribution >= 0.6 is 0 Å². The van der Waals surface area contributed by atoms with Crippen LogP contribution in [0.5, 0.6) is 0 Å². The van der Waals surface area contributed by atoms with Crippen molar-refractivity contribution in [3.63, 3.8) is 0 Å². The normalized spacial score (nSPS) is 9.88. The molecule has 3 nitrogen and oxygen atoms in total. The molecule has 17 heavy (non-hydrogen) atoms. The number of halogens is 1. The third kappa shape index (κ3) is 2.85. The van der Waals surface area contributed by atoms with Crippen LogP contribution in [0.15, 0.2) is 36.5 Å². The molecule has 0 radical (unpaired) electrons. The Kier molecular flexibility index (Phi) is 3.41. The van der Waals surface area contributed by atoms with Gasteiger partial charge in [-0.3, -0.25) is 0 Å². The van der Waals surface area contributed by atoms with Crippen LogP contribution in [0.25, 0.3) is 11.3 Å². The van der Waals surface area contributed by atoms with Gasteiger partial charge in [0.15, 0.2) is 0 Å². The number of aromatic nitrogens is 2. The lowest BCUT2D eigenvalue weighted by Gasteiger charge is -2.02. The predicted molar refractivity (Wildman–Crippen MR) is 61.4 cm³/mol. The molecule has 1 aromatic heterocycles. The smallest absolute Gasteiger partial charge is 0.129 e. The number of nitrogens with zero attached hydrogens (tertiary/aromatic N) is 3. The monoisotopic (exact) mass is 227 g/mol. The molecule has 0 saturated heterocycles. The van der Waals surface area contributed by atoms with E-state index in [1.165, 1.54) is 12.1 Å². The molecule has 0 amide bonds. The summed E-state index contributed by atoms with van der Waals surface area (Å²) in [6.07, 6.45) is 2.52. The first kappa shape index (κ1) is 11.2. The van der Waals surface area contributed by atoms with Gasteiger partial charge in [-0.05, 0) is 18.2 Å². The molecule has 0 aliphatic rings. The zero-order valence-electron chi connectivity index (χ0n) is 9.10. The van der Waals surface area contributed by atoms with E-state index in [-0.39, 0.29) is 5.82 Å². The highest BCUT2D eigenvalue weighted by molar-refractivity contribution is 5.58. The molecule has 0 bridgehead atoms. The van der Waals surface area contributed by atoms with Gasteiger partial charge >= 0.3 is 0 Å². The lowest BCUT2D eigenvalue weighted by molar-refractivity contribution is 0.628. The zero-order valence-corrected chi connectivity index (χ0v) is 9.10. The Morgan fingerprint density at radius 1 is 1.29 bits per heavy atom. The lowest BCUT2D eigenvalue weighted by Crippen LogP contribution is -1.96. The highest BCUT2D eigenvalue weighted by Gasteiger charge is 2.03. The topological polar surface area (TPSA) is 49.6 Å². The summed E-state index contributed by atoms with van der Waals surface area (Å²) in [5, 5.41) is 8.50. The first-order valence-electron chi connectivity index (χ1n) is 5.24. The van der Waals surface area contributed by atoms with E-state index < -0.39 is 0 Å². The second kappa shape index (κ2) is 5.17. The van der Waals surface area contributed by atoms with Crippen LogP contribution in [-0.2, 0) is 6.42 Å². The Balaban J connectivity index is 2.30. The van der Waals surface area contributed by atoms with E-state index >= 15 is 0 Å². The summed E-state index contributed by atoms with van der Waals surface area (Å²) in [4.78, 5) is 8.36. The van der Waals surface area contributed by atoms with Gasteiger partial charge in [0, 0.05) is 24.6 Å². The number of hydrogen-bond acceptors (Lipinski definition) is 3. The second-order valence-electron chi connectivity index (χ2n) is 3.53. The number of nitriles is 1. The molecule has 2 rings (SSSR count). The van der Waals surface area contributed by atoms with Crippen molar-refractivity contribution in [2.45, 2.75) is 12.8 Å². The van der Waals surface area contributed by atoms with Gasteiger partial charge in [0.05, 0.1) is 11.8 Å². The summed E-state index contributed by atoms with van der Waals surface area (Å²) in [7, 11) is 0. The average molecular weight is 227 g/mol. The van der Waals surface area contributed by atoms with E-state index in [1.807, 2.05) is 6.07 Å². The quantitative estimate of drug-likeness (QED) is 0.810. The predicted octanol–water partition coefficient (Wildman–Crippen LogP) is 2.74. The van der Waals surface area contributed by atoms with Crippen LogP contribution < -0.4 is 0 Å². The van der Waals surface area contributed by atoms with Gasteiger partial charge in [-0.1, -0.05) is 12.1 Å². The van der Waals surface area contributed by atoms with Crippen molar-refractivity contribution >= 4 is 0 Å². The fraction of sp³-hybridized carbons (Fsp3) is 0.154. The second-order valence-corrected chi connectivity index (χ2v) is 3.53. The van der Waals surface area contributed by atoms with Crippen LogP contribution in [0, 0.1) is 17.1 Å². The summed E-state index contributed by atoms with van der Waals surface area (Å²) < 4.78 is 13.1. The van der Waals surface area contributed by atoms with Crippen molar-refractivity contribution in [1.82, 2.24) is 9.97 Å². The molecule has 0 fully saturated rings. The van der Waals surface area contributed by atoms with Gasteiger partial charge in [0.1, 0.15) is 11.6 Å². The Morgan fingerprint density at radius 3 is 2.94 bits per heavy atom. The summed E-state index contributed by atoms with van der Waals surface area (Å²) in [6.45, 7) is 0. The number of aryl methyl sites for hydroxylation is 1. The minimum Gasteiger partial charge on any atom is -0.241 e. The van der Waals surface area contributed by atoms with Gasteiger partial charge < -0.3 is 0 Å². The van der Waals surface area contributed by atoms with Crippen molar-refractivity contribution in [3.8, 4) is 17.3 Å². The largest absolute Gasteiger partial charge is 0.241 e. The maximum atomic E-state index is 13.1. The van der Waals surface area contributed by atoms with E-state index in [0.717, 1.165) is 0 Å². The van der Waals surface area contributed by atoms with Gasteiger partial charge in [-0.2, -0.15) is 5.26 Å². The summed E-state index contributed by atoms with van der Waals surface area (Å²) in [6, 6.07) is 10.0. The van der Waals surface area contributed by atoms with E-state index in [9.17, 15) is 4.39 Å². The SMILES string of the molecule is N#CCCc1nccc(-c2cccc(F)c2)n1. The summed E-state index contributed by atoms with van der Waals surface area (Å²) in [5.74, 6) is 0.313. The maximum absolute atomic E-state index is 13.1. The highest BCUT2D eigenvalue weighted by Crippen LogP contribution is 2.17. The van der Waals surface area contributed by atoms with Crippen LogP contribution in [0.3, 0.4) is 0 Å². The Labute approximate surface area is 98.6 Å². The highest BCUT2D eigenvalue weighted by atomic mass is 19.1. The van der Waals surface area contributed by atoms with Gasteiger partial charge in [0.25, 0.3) is 0 Å². The van der Waals surface area contributed by atoms with Gasteiger partial charge in [-0.25, -0.2) is 14.4 Å². The van der Waals surface area contributed by atoms with Crippen LogP contribution in [0.4, 0.5) is 4.39 Å². The van der Waals surface area contributed by atoms with Crippen molar-refractivity contribution < 1.29 is 4.39 Å². The molecule has 0 saturated carbocycles. The van der Waals surface area contributed by atoms with E-state index in [1.54, 1.807) is 24.4 Å². The van der Waals surface area contributed by atoms with Crippen LogP contribution in [0.2, 0.25) is 0 Å². The number of hydrogen-bond donors (Lipinski definition) is 0. The molecule has 1 heterocycles. The fourth-order valence-corrected chi connectivity index (χ4v) is 1.50. The van der Waals surface area contributed by atoms with Crippen molar-refractivity contribution in [2.24, 2.45) is 0 Å². The minimum absolute atomic E-state index is 0.292. The Morgan fingerprint density at radius 2 is 2.18 bits per heavy atom. The van der Waals surface area contributed by atoms with E-state index in [4.69, 9.17) is 5.26 Å².